The number of rotatable bonds is 7. The molecule has 0 aliphatic carbocycles. The Morgan fingerprint density at radius 1 is 1.10 bits per heavy atom. The fraction of sp³-hybridized carbons (Fsp3) is 0.227. The third kappa shape index (κ3) is 5.22. The van der Waals surface area contributed by atoms with Crippen LogP contribution in [0.25, 0.3) is 0 Å². The fourth-order valence-electron chi connectivity index (χ4n) is 2.84. The molecule has 0 aliphatic heterocycles. The number of hydrogen-bond donors (Lipinski definition) is 2. The van der Waals surface area contributed by atoms with Gasteiger partial charge in [0.25, 0.3) is 5.91 Å². The molecule has 0 bridgehead atoms. The highest BCUT2D eigenvalue weighted by Gasteiger charge is 2.10. The van der Waals surface area contributed by atoms with E-state index in [1.54, 1.807) is 31.3 Å². The SMILES string of the molecule is CNC(=O)c1cccc(NC(=O)Cc2ccc(OCc3c(C)noc3C)cc2)c1. The number of anilines is 1. The predicted molar refractivity (Wildman–Crippen MR) is 109 cm³/mol. The van der Waals surface area contributed by atoms with Gasteiger partial charge < -0.3 is 19.9 Å². The maximum atomic E-state index is 12.3. The molecule has 0 saturated carbocycles. The van der Waals surface area contributed by atoms with Crippen molar-refractivity contribution < 1.29 is 18.8 Å². The molecule has 0 fully saturated rings. The molecular formula is C22H23N3O4. The van der Waals surface area contributed by atoms with Crippen molar-refractivity contribution in [1.82, 2.24) is 10.5 Å². The first-order valence-corrected chi connectivity index (χ1v) is 9.21. The molecule has 7 nitrogen and oxygen atoms in total. The molecule has 0 atom stereocenters. The summed E-state index contributed by atoms with van der Waals surface area (Å²) in [4.78, 5) is 24.0. The number of carbonyl (C=O) groups excluding carboxylic acids is 2. The van der Waals surface area contributed by atoms with Gasteiger partial charge in [-0.15, -0.1) is 0 Å². The summed E-state index contributed by atoms with van der Waals surface area (Å²) in [7, 11) is 1.56. The molecule has 3 rings (SSSR count). The minimum Gasteiger partial charge on any atom is -0.489 e. The number of aryl methyl sites for hydroxylation is 2. The van der Waals surface area contributed by atoms with Gasteiger partial charge in [0.2, 0.25) is 5.91 Å². The molecule has 2 amide bonds. The van der Waals surface area contributed by atoms with Crippen LogP contribution in [0.15, 0.2) is 53.1 Å². The van der Waals surface area contributed by atoms with Crippen LogP contribution >= 0.6 is 0 Å². The van der Waals surface area contributed by atoms with Crippen LogP contribution in [0.4, 0.5) is 5.69 Å². The molecule has 0 saturated heterocycles. The van der Waals surface area contributed by atoms with Gasteiger partial charge in [-0.3, -0.25) is 9.59 Å². The van der Waals surface area contributed by atoms with Gasteiger partial charge in [0.05, 0.1) is 17.7 Å². The zero-order valence-corrected chi connectivity index (χ0v) is 16.6. The first kappa shape index (κ1) is 20.1. The number of benzene rings is 2. The van der Waals surface area contributed by atoms with Crippen molar-refractivity contribution in [2.75, 3.05) is 12.4 Å². The average molecular weight is 393 g/mol. The summed E-state index contributed by atoms with van der Waals surface area (Å²) in [5, 5.41) is 9.28. The Bertz CT molecular complexity index is 990. The monoisotopic (exact) mass is 393 g/mol. The zero-order valence-electron chi connectivity index (χ0n) is 16.6. The van der Waals surface area contributed by atoms with E-state index in [4.69, 9.17) is 9.26 Å². The summed E-state index contributed by atoms with van der Waals surface area (Å²) < 4.78 is 10.9. The van der Waals surface area contributed by atoms with Crippen LogP contribution in [-0.4, -0.2) is 24.0 Å². The van der Waals surface area contributed by atoms with E-state index in [-0.39, 0.29) is 18.2 Å². The van der Waals surface area contributed by atoms with Crippen LogP contribution in [0.2, 0.25) is 0 Å². The smallest absolute Gasteiger partial charge is 0.251 e. The summed E-state index contributed by atoms with van der Waals surface area (Å²) in [6.45, 7) is 4.11. The van der Waals surface area contributed by atoms with Gasteiger partial charge in [0.1, 0.15) is 18.1 Å². The molecule has 0 unspecified atom stereocenters. The van der Waals surface area contributed by atoms with Crippen LogP contribution in [0.1, 0.15) is 32.9 Å². The first-order chi connectivity index (χ1) is 14.0. The summed E-state index contributed by atoms with van der Waals surface area (Å²) in [6, 6.07) is 14.2. The number of carbonyl (C=O) groups is 2. The highest BCUT2D eigenvalue weighted by atomic mass is 16.5. The molecule has 1 heterocycles. The van der Waals surface area contributed by atoms with Crippen LogP contribution in [0, 0.1) is 13.8 Å². The molecule has 0 radical (unpaired) electrons. The van der Waals surface area contributed by atoms with E-state index in [0.717, 1.165) is 22.6 Å². The van der Waals surface area contributed by atoms with E-state index >= 15 is 0 Å². The van der Waals surface area contributed by atoms with E-state index in [0.29, 0.717) is 23.6 Å². The lowest BCUT2D eigenvalue weighted by Crippen LogP contribution is -2.19. The van der Waals surface area contributed by atoms with Gasteiger partial charge >= 0.3 is 0 Å². The van der Waals surface area contributed by atoms with Gasteiger partial charge in [-0.05, 0) is 49.7 Å². The molecule has 2 aromatic carbocycles. The van der Waals surface area contributed by atoms with Crippen LogP contribution < -0.4 is 15.4 Å². The van der Waals surface area contributed by atoms with E-state index in [9.17, 15) is 9.59 Å². The van der Waals surface area contributed by atoms with Crippen molar-refractivity contribution in [1.29, 1.82) is 0 Å². The lowest BCUT2D eigenvalue weighted by molar-refractivity contribution is -0.115. The van der Waals surface area contributed by atoms with Crippen LogP contribution in [0.3, 0.4) is 0 Å². The number of nitrogens with one attached hydrogen (secondary N) is 2. The molecule has 2 N–H and O–H groups in total. The van der Waals surface area contributed by atoms with Crippen molar-refractivity contribution in [2.24, 2.45) is 0 Å². The standard InChI is InChI=1S/C22H23N3O4/c1-14-20(15(2)29-25-14)13-28-19-9-7-16(8-10-19)11-21(26)24-18-6-4-5-17(12-18)22(27)23-3/h4-10,12H,11,13H2,1-3H3,(H,23,27)(H,24,26). The van der Waals surface area contributed by atoms with Gasteiger partial charge in [-0.25, -0.2) is 0 Å². The summed E-state index contributed by atoms with van der Waals surface area (Å²) in [6.07, 6.45) is 0.217. The second-order valence-electron chi connectivity index (χ2n) is 6.62. The molecule has 150 valence electrons. The number of hydrogen-bond acceptors (Lipinski definition) is 5. The van der Waals surface area contributed by atoms with Gasteiger partial charge in [-0.2, -0.15) is 0 Å². The largest absolute Gasteiger partial charge is 0.489 e. The van der Waals surface area contributed by atoms with Crippen LogP contribution in [0.5, 0.6) is 5.75 Å². The summed E-state index contributed by atoms with van der Waals surface area (Å²) in [5.41, 5.74) is 3.68. The number of amides is 2. The normalized spacial score (nSPS) is 10.4. The predicted octanol–water partition coefficient (Wildman–Crippen LogP) is 3.41. The molecule has 0 spiro atoms. The number of nitrogens with zero attached hydrogens (tertiary/aromatic N) is 1. The molecule has 0 aliphatic rings. The summed E-state index contributed by atoms with van der Waals surface area (Å²) in [5.74, 6) is 1.08. The minimum atomic E-state index is -0.201. The highest BCUT2D eigenvalue weighted by molar-refractivity contribution is 5.97. The van der Waals surface area contributed by atoms with Crippen molar-refractivity contribution >= 4 is 17.5 Å². The summed E-state index contributed by atoms with van der Waals surface area (Å²) >= 11 is 0. The topological polar surface area (TPSA) is 93.5 Å². The highest BCUT2D eigenvalue weighted by Crippen LogP contribution is 2.18. The average Bonchev–Trinajstić information content (AvgIpc) is 3.04. The molecule has 3 aromatic rings. The molecule has 29 heavy (non-hydrogen) atoms. The van der Waals surface area contributed by atoms with Crippen LogP contribution in [-0.2, 0) is 17.8 Å². The lowest BCUT2D eigenvalue weighted by atomic mass is 10.1. The van der Waals surface area contributed by atoms with Crippen molar-refractivity contribution in [2.45, 2.75) is 26.9 Å². The molecule has 1 aromatic heterocycles. The van der Waals surface area contributed by atoms with Gasteiger partial charge in [-0.1, -0.05) is 23.4 Å². The lowest BCUT2D eigenvalue weighted by Gasteiger charge is -2.09. The Morgan fingerprint density at radius 3 is 2.52 bits per heavy atom. The first-order valence-electron chi connectivity index (χ1n) is 9.21. The zero-order chi connectivity index (χ0) is 20.8. The number of aromatic nitrogens is 1. The van der Waals surface area contributed by atoms with E-state index in [1.807, 2.05) is 38.1 Å². The maximum absolute atomic E-state index is 12.3. The quantitative estimate of drug-likeness (QED) is 0.642. The van der Waals surface area contributed by atoms with Crippen molar-refractivity contribution in [3.05, 3.63) is 76.7 Å². The minimum absolute atomic E-state index is 0.163. The Balaban J connectivity index is 1.55. The Morgan fingerprint density at radius 2 is 1.86 bits per heavy atom. The maximum Gasteiger partial charge on any atom is 0.251 e. The Kier molecular flexibility index (Phi) is 6.29. The van der Waals surface area contributed by atoms with E-state index < -0.39 is 0 Å². The Hall–Kier alpha value is -3.61. The second-order valence-corrected chi connectivity index (χ2v) is 6.62. The Labute approximate surface area is 169 Å². The van der Waals surface area contributed by atoms with Crippen molar-refractivity contribution in [3.8, 4) is 5.75 Å². The van der Waals surface area contributed by atoms with Gasteiger partial charge in [0.15, 0.2) is 0 Å². The fourth-order valence-corrected chi connectivity index (χ4v) is 2.84. The van der Waals surface area contributed by atoms with E-state index in [2.05, 4.69) is 15.8 Å². The molecular weight excluding hydrogens is 370 g/mol. The van der Waals surface area contributed by atoms with E-state index in [1.165, 1.54) is 0 Å². The third-order valence-electron chi connectivity index (χ3n) is 4.49. The third-order valence-corrected chi connectivity index (χ3v) is 4.49. The second kappa shape index (κ2) is 9.05. The van der Waals surface area contributed by atoms with Crippen molar-refractivity contribution in [3.63, 3.8) is 0 Å². The molecule has 7 heteroatoms. The van der Waals surface area contributed by atoms with Gasteiger partial charge in [0, 0.05) is 18.3 Å². The number of ether oxygens (including phenoxy) is 1.